The molecule has 26 heavy (non-hydrogen) atoms. The topological polar surface area (TPSA) is 60.9 Å². The molecule has 2 atom stereocenters. The number of benzene rings is 1. The average Bonchev–Trinajstić information content (AvgIpc) is 3.10. The summed E-state index contributed by atoms with van der Waals surface area (Å²) in [5, 5.41) is 0. The van der Waals surface area contributed by atoms with E-state index in [1.807, 2.05) is 48.2 Å². The summed E-state index contributed by atoms with van der Waals surface area (Å²) in [5.74, 6) is -0.0190. The zero-order chi connectivity index (χ0) is 18.4. The Bertz CT molecular complexity index is 730. The van der Waals surface area contributed by atoms with Crippen LogP contribution in [0.15, 0.2) is 24.3 Å². The van der Waals surface area contributed by atoms with Crippen LogP contribution in [0.25, 0.3) is 0 Å². The Morgan fingerprint density at radius 1 is 1.00 bits per heavy atom. The lowest BCUT2D eigenvalue weighted by Gasteiger charge is -2.41. The molecule has 0 aliphatic carbocycles. The Kier molecular flexibility index (Phi) is 4.21. The van der Waals surface area contributed by atoms with Crippen LogP contribution in [0.1, 0.15) is 48.9 Å². The van der Waals surface area contributed by atoms with Crippen LogP contribution in [0, 0.1) is 0 Å². The van der Waals surface area contributed by atoms with Gasteiger partial charge < -0.3 is 9.80 Å². The Hall–Kier alpha value is -2.37. The fraction of sp³-hybridized carbons (Fsp3) is 0.550. The predicted molar refractivity (Wildman–Crippen MR) is 97.9 cm³/mol. The molecule has 2 unspecified atom stereocenters. The van der Waals surface area contributed by atoms with Crippen LogP contribution >= 0.6 is 0 Å². The van der Waals surface area contributed by atoms with Gasteiger partial charge in [0.05, 0.1) is 0 Å². The molecule has 6 heteroatoms. The van der Waals surface area contributed by atoms with Crippen molar-refractivity contribution in [3.63, 3.8) is 0 Å². The number of fused-ring (bicyclic) bond motifs is 2. The smallest absolute Gasteiger partial charge is 0.254 e. The van der Waals surface area contributed by atoms with Gasteiger partial charge in [-0.15, -0.1) is 0 Å². The first-order valence-electron chi connectivity index (χ1n) is 9.40. The maximum Gasteiger partial charge on any atom is 0.254 e. The van der Waals surface area contributed by atoms with E-state index >= 15 is 0 Å². The summed E-state index contributed by atoms with van der Waals surface area (Å²) < 4.78 is 0. The van der Waals surface area contributed by atoms with Crippen molar-refractivity contribution < 1.29 is 14.4 Å². The van der Waals surface area contributed by atoms with E-state index in [2.05, 4.69) is 0 Å². The third-order valence-corrected chi connectivity index (χ3v) is 6.01. The van der Waals surface area contributed by atoms with Crippen molar-refractivity contribution in [3.8, 4) is 0 Å². The van der Waals surface area contributed by atoms with Crippen molar-refractivity contribution in [2.75, 3.05) is 19.0 Å². The molecule has 3 saturated heterocycles. The molecule has 2 bridgehead atoms. The minimum atomic E-state index is -0.0436. The second-order valence-corrected chi connectivity index (χ2v) is 7.82. The standard InChI is InChI=1S/C20H25N3O3/c1-21(2)14-5-3-4-13(10-14)20(26)22-15-6-7-16(22)12-17(11-15)23-18(24)8-9-19(23)25/h3-5,10,15-17H,6-9,11-12H2,1-2H3. The summed E-state index contributed by atoms with van der Waals surface area (Å²) in [7, 11) is 3.92. The van der Waals surface area contributed by atoms with Crippen LogP contribution in [0.5, 0.6) is 0 Å². The molecule has 138 valence electrons. The van der Waals surface area contributed by atoms with Gasteiger partial charge >= 0.3 is 0 Å². The Morgan fingerprint density at radius 3 is 2.19 bits per heavy atom. The van der Waals surface area contributed by atoms with Crippen molar-refractivity contribution in [3.05, 3.63) is 29.8 Å². The minimum absolute atomic E-state index is 0.0350. The van der Waals surface area contributed by atoms with Gasteiger partial charge in [-0.25, -0.2) is 0 Å². The Balaban J connectivity index is 1.53. The maximum atomic E-state index is 13.2. The zero-order valence-electron chi connectivity index (χ0n) is 15.4. The third kappa shape index (κ3) is 2.77. The lowest BCUT2D eigenvalue weighted by molar-refractivity contribution is -0.142. The Morgan fingerprint density at radius 2 is 1.62 bits per heavy atom. The number of piperidine rings is 1. The Labute approximate surface area is 153 Å². The van der Waals surface area contributed by atoms with Crippen LogP contribution < -0.4 is 4.90 Å². The highest BCUT2D eigenvalue weighted by molar-refractivity contribution is 6.02. The van der Waals surface area contributed by atoms with E-state index in [0.29, 0.717) is 31.2 Å². The summed E-state index contributed by atoms with van der Waals surface area (Å²) in [6.07, 6.45) is 4.02. The first-order chi connectivity index (χ1) is 12.5. The number of imide groups is 1. The van der Waals surface area contributed by atoms with Gasteiger partial charge in [-0.3, -0.25) is 19.3 Å². The molecular formula is C20H25N3O3. The monoisotopic (exact) mass is 355 g/mol. The normalized spacial score (nSPS) is 28.0. The average molecular weight is 355 g/mol. The highest BCUT2D eigenvalue weighted by Gasteiger charge is 2.47. The molecule has 3 aliphatic heterocycles. The van der Waals surface area contributed by atoms with Crippen LogP contribution in [0.3, 0.4) is 0 Å². The van der Waals surface area contributed by atoms with Crippen molar-refractivity contribution in [1.29, 1.82) is 0 Å². The second kappa shape index (κ2) is 6.41. The van der Waals surface area contributed by atoms with Gasteiger partial charge in [0.25, 0.3) is 5.91 Å². The van der Waals surface area contributed by atoms with Crippen molar-refractivity contribution in [2.24, 2.45) is 0 Å². The van der Waals surface area contributed by atoms with Crippen molar-refractivity contribution in [1.82, 2.24) is 9.80 Å². The summed E-state index contributed by atoms with van der Waals surface area (Å²) >= 11 is 0. The van der Waals surface area contributed by atoms with E-state index in [9.17, 15) is 14.4 Å². The van der Waals surface area contributed by atoms with Gasteiger partial charge in [-0.1, -0.05) is 6.07 Å². The van der Waals surface area contributed by atoms with Crippen LogP contribution in [-0.4, -0.2) is 59.7 Å². The molecule has 0 radical (unpaired) electrons. The number of hydrogen-bond donors (Lipinski definition) is 0. The number of carbonyl (C=O) groups is 3. The summed E-state index contributed by atoms with van der Waals surface area (Å²) in [4.78, 5) is 42.8. The highest BCUT2D eigenvalue weighted by Crippen LogP contribution is 2.39. The van der Waals surface area contributed by atoms with Crippen LogP contribution in [0.2, 0.25) is 0 Å². The van der Waals surface area contributed by atoms with Gasteiger partial charge in [0.15, 0.2) is 0 Å². The molecule has 0 saturated carbocycles. The second-order valence-electron chi connectivity index (χ2n) is 7.82. The lowest BCUT2D eigenvalue weighted by Crippen LogP contribution is -2.53. The van der Waals surface area contributed by atoms with Gasteiger partial charge in [0.1, 0.15) is 0 Å². The molecule has 3 heterocycles. The fourth-order valence-electron chi connectivity index (χ4n) is 4.76. The van der Waals surface area contributed by atoms with E-state index in [4.69, 9.17) is 0 Å². The van der Waals surface area contributed by atoms with Crippen molar-refractivity contribution in [2.45, 2.75) is 56.7 Å². The molecule has 6 nitrogen and oxygen atoms in total. The quantitative estimate of drug-likeness (QED) is 0.779. The minimum Gasteiger partial charge on any atom is -0.378 e. The molecule has 1 aromatic rings. The van der Waals surface area contributed by atoms with Gasteiger partial charge in [0, 0.05) is 56.3 Å². The molecule has 0 spiro atoms. The SMILES string of the molecule is CN(C)c1cccc(C(=O)N2C3CCC2CC(N2C(=O)CCC2=O)C3)c1. The molecule has 0 aromatic heterocycles. The van der Waals surface area contributed by atoms with Gasteiger partial charge in [0.2, 0.25) is 11.8 Å². The van der Waals surface area contributed by atoms with E-state index in [-0.39, 0.29) is 35.8 Å². The highest BCUT2D eigenvalue weighted by atomic mass is 16.2. The van der Waals surface area contributed by atoms with Gasteiger partial charge in [-0.05, 0) is 43.9 Å². The summed E-state index contributed by atoms with van der Waals surface area (Å²) in [6, 6.07) is 7.91. The van der Waals surface area contributed by atoms with E-state index in [1.54, 1.807) is 0 Å². The number of amides is 3. The number of likely N-dealkylation sites (tertiary alicyclic amines) is 1. The molecule has 4 rings (SSSR count). The molecular weight excluding hydrogens is 330 g/mol. The molecule has 3 aliphatic rings. The fourth-order valence-corrected chi connectivity index (χ4v) is 4.76. The summed E-state index contributed by atoms with van der Waals surface area (Å²) in [5.41, 5.74) is 1.71. The zero-order valence-corrected chi connectivity index (χ0v) is 15.4. The lowest BCUT2D eigenvalue weighted by atomic mass is 9.95. The predicted octanol–water partition coefficient (Wildman–Crippen LogP) is 2.04. The summed E-state index contributed by atoms with van der Waals surface area (Å²) in [6.45, 7) is 0. The molecule has 0 N–H and O–H groups in total. The first-order valence-corrected chi connectivity index (χ1v) is 9.40. The van der Waals surface area contributed by atoms with E-state index < -0.39 is 0 Å². The van der Waals surface area contributed by atoms with Crippen molar-refractivity contribution >= 4 is 23.4 Å². The van der Waals surface area contributed by atoms with Gasteiger partial charge in [-0.2, -0.15) is 0 Å². The molecule has 1 aromatic carbocycles. The number of carbonyl (C=O) groups excluding carboxylic acids is 3. The number of hydrogen-bond acceptors (Lipinski definition) is 4. The van der Waals surface area contributed by atoms with Crippen LogP contribution in [0.4, 0.5) is 5.69 Å². The largest absolute Gasteiger partial charge is 0.378 e. The first kappa shape index (κ1) is 17.1. The molecule has 3 fully saturated rings. The number of rotatable bonds is 3. The third-order valence-electron chi connectivity index (χ3n) is 6.01. The number of nitrogens with zero attached hydrogens (tertiary/aromatic N) is 3. The maximum absolute atomic E-state index is 13.2. The van der Waals surface area contributed by atoms with E-state index in [0.717, 1.165) is 18.5 Å². The molecule has 3 amide bonds. The number of anilines is 1. The van der Waals surface area contributed by atoms with E-state index in [1.165, 1.54) is 4.90 Å². The van der Waals surface area contributed by atoms with Crippen LogP contribution in [-0.2, 0) is 9.59 Å².